The summed E-state index contributed by atoms with van der Waals surface area (Å²) in [6, 6.07) is 10.7. The van der Waals surface area contributed by atoms with Gasteiger partial charge in [0, 0.05) is 43.9 Å². The molecule has 2 aromatic rings. The number of carbonyl (C=O) groups is 2. The Kier molecular flexibility index (Phi) is 11.5. The molecule has 0 saturated heterocycles. The average Bonchev–Trinajstić information content (AvgIpc) is 3.06. The quantitative estimate of drug-likeness (QED) is 0.339. The molecule has 1 unspecified atom stereocenters. The van der Waals surface area contributed by atoms with Crippen LogP contribution in [0.5, 0.6) is 5.75 Å². The summed E-state index contributed by atoms with van der Waals surface area (Å²) in [5.41, 5.74) is 3.47. The maximum absolute atomic E-state index is 14.4. The number of carbonyl (C=O) groups excluding carboxylic acids is 2. The summed E-state index contributed by atoms with van der Waals surface area (Å²) in [5.74, 6) is 0.633. The third-order valence-corrected chi connectivity index (χ3v) is 12.6. The lowest BCUT2D eigenvalue weighted by Crippen LogP contribution is -2.52. The lowest BCUT2D eigenvalue weighted by molar-refractivity contribution is 0.0133. The van der Waals surface area contributed by atoms with Gasteiger partial charge in [0.2, 0.25) is 0 Å². The van der Waals surface area contributed by atoms with Crippen LogP contribution in [0.2, 0.25) is 5.02 Å². The van der Waals surface area contributed by atoms with Gasteiger partial charge < -0.3 is 24.4 Å². The fraction of sp³-hybridized carbons (Fsp3) is 0.568. The molecule has 2 aromatic carbocycles. The van der Waals surface area contributed by atoms with E-state index in [-0.39, 0.29) is 35.5 Å². The highest BCUT2D eigenvalue weighted by molar-refractivity contribution is 7.92. The molecule has 5 atom stereocenters. The zero-order valence-electron chi connectivity index (χ0n) is 28.7. The van der Waals surface area contributed by atoms with Gasteiger partial charge in [0.15, 0.2) is 0 Å². The van der Waals surface area contributed by atoms with Crippen LogP contribution in [0.15, 0.2) is 52.9 Å². The Bertz CT molecular complexity index is 1670. The van der Waals surface area contributed by atoms with E-state index in [0.29, 0.717) is 55.0 Å². The number of hydrogen-bond acceptors (Lipinski definition) is 7. The van der Waals surface area contributed by atoms with Gasteiger partial charge in [0.1, 0.15) is 15.7 Å². The molecule has 0 radical (unpaired) electrons. The summed E-state index contributed by atoms with van der Waals surface area (Å²) in [4.78, 5) is 29.3. The minimum absolute atomic E-state index is 0.0189. The van der Waals surface area contributed by atoms with E-state index in [0.717, 1.165) is 44.3 Å². The number of aryl methyl sites for hydroxylation is 1. The van der Waals surface area contributed by atoms with E-state index in [2.05, 4.69) is 43.6 Å². The van der Waals surface area contributed by atoms with Crippen LogP contribution < -0.4 is 19.7 Å². The first kappa shape index (κ1) is 35.7. The van der Waals surface area contributed by atoms with E-state index in [1.807, 2.05) is 25.1 Å². The first-order chi connectivity index (χ1) is 23.6. The smallest absolute Gasteiger partial charge is 0.327 e. The molecule has 0 spiro atoms. The highest BCUT2D eigenvalue weighted by atomic mass is 35.5. The Labute approximate surface area is 295 Å². The summed E-state index contributed by atoms with van der Waals surface area (Å²) in [5, 5.41) is 3.58. The Hall–Kier alpha value is -3.12. The van der Waals surface area contributed by atoms with Gasteiger partial charge in [0.05, 0.1) is 30.3 Å². The molecule has 3 amide bonds. The number of hydrogen-bond donors (Lipinski definition) is 2. The number of nitrogens with zero attached hydrogens (tertiary/aromatic N) is 2. The van der Waals surface area contributed by atoms with Gasteiger partial charge in [-0.3, -0.25) is 9.52 Å². The third-order valence-electron chi connectivity index (χ3n) is 10.4. The molecular weight excluding hydrogens is 664 g/mol. The number of amides is 3. The molecule has 6 rings (SSSR count). The molecule has 2 N–H and O–H groups in total. The van der Waals surface area contributed by atoms with Crippen LogP contribution in [0.25, 0.3) is 0 Å². The fourth-order valence-corrected chi connectivity index (χ4v) is 9.44. The second-order valence-corrected chi connectivity index (χ2v) is 16.5. The van der Waals surface area contributed by atoms with Gasteiger partial charge >= 0.3 is 6.03 Å². The summed E-state index contributed by atoms with van der Waals surface area (Å²) >= 11 is 6.46. The third kappa shape index (κ3) is 8.79. The number of nitrogens with one attached hydrogen (secondary N) is 2. The van der Waals surface area contributed by atoms with Crippen molar-refractivity contribution < 1.29 is 28.0 Å². The van der Waals surface area contributed by atoms with Crippen LogP contribution in [0.3, 0.4) is 0 Å². The largest absolute Gasteiger partial charge is 0.491 e. The van der Waals surface area contributed by atoms with Gasteiger partial charge in [-0.15, -0.1) is 4.36 Å². The van der Waals surface area contributed by atoms with Crippen LogP contribution in [-0.2, 0) is 32.4 Å². The second-order valence-electron chi connectivity index (χ2n) is 14.1. The standard InChI is InChI=1S/C37H49ClN4O6S/c1-24-7-6-9-34(47-3)32-14-11-28(32)22-42-21-27-10-13-29(38)17-25(27)8-4-5-16-48-35-15-12-26(18-33(35)42)36(43)40-49(45,23-24)41-37(44)39-30-19-31(20-30)46-2/h6,9-10,12-13,15,17-18,24,28,30-32,34H,4-5,7-8,11,14,16,19-23H2,1-3H3,(H2,39,40,41,43,44,45)/b9-6+/t24-,28-,30-,31+,32+,34-,49?/m0/s1. The monoisotopic (exact) mass is 712 g/mol. The summed E-state index contributed by atoms with van der Waals surface area (Å²) < 4.78 is 38.9. The van der Waals surface area contributed by atoms with E-state index in [9.17, 15) is 13.8 Å². The molecule has 4 aliphatic rings. The molecule has 2 fully saturated rings. The molecule has 12 heteroatoms. The molecule has 49 heavy (non-hydrogen) atoms. The Morgan fingerprint density at radius 2 is 1.92 bits per heavy atom. The Morgan fingerprint density at radius 3 is 2.67 bits per heavy atom. The molecule has 2 bridgehead atoms. The first-order valence-electron chi connectivity index (χ1n) is 17.5. The SMILES string of the molecule is CO[C@H]1/C=C/C[C@H](C)CS(=O)(NC(=O)N[C@H]2C[C@@H](OC)C2)=NC(=O)c2ccc3c(c2)N(Cc2ccc(Cl)cc2CCCCO3)C[C@@H]2CC[C@H]21. The number of anilines is 1. The second kappa shape index (κ2) is 15.8. The van der Waals surface area contributed by atoms with Crippen LogP contribution >= 0.6 is 11.6 Å². The fourth-order valence-electron chi connectivity index (χ4n) is 7.41. The predicted octanol–water partition coefficient (Wildman–Crippen LogP) is 6.70. The molecule has 10 nitrogen and oxygen atoms in total. The molecule has 0 aromatic heterocycles. The number of benzene rings is 2. The number of urea groups is 1. The average molecular weight is 713 g/mol. The molecule has 2 saturated carbocycles. The number of fused-ring (bicyclic) bond motifs is 3. The number of ether oxygens (including phenoxy) is 3. The van der Waals surface area contributed by atoms with Crippen LogP contribution in [-0.4, -0.2) is 67.5 Å². The predicted molar refractivity (Wildman–Crippen MR) is 193 cm³/mol. The van der Waals surface area contributed by atoms with Crippen molar-refractivity contribution in [3.8, 4) is 5.75 Å². The maximum Gasteiger partial charge on any atom is 0.327 e. The number of halogens is 1. The van der Waals surface area contributed by atoms with Crippen molar-refractivity contribution in [3.05, 3.63) is 70.3 Å². The zero-order valence-corrected chi connectivity index (χ0v) is 30.3. The van der Waals surface area contributed by atoms with E-state index < -0.39 is 21.9 Å². The molecule has 2 heterocycles. The van der Waals surface area contributed by atoms with Crippen molar-refractivity contribution in [3.63, 3.8) is 0 Å². The minimum atomic E-state index is -3.49. The molecule has 266 valence electrons. The normalized spacial score (nSPS) is 31.2. The lowest BCUT2D eigenvalue weighted by atomic mass is 9.70. The molecule has 2 aliphatic heterocycles. The number of rotatable bonds is 4. The Balaban J connectivity index is 1.39. The van der Waals surface area contributed by atoms with Crippen molar-refractivity contribution in [1.29, 1.82) is 0 Å². The van der Waals surface area contributed by atoms with Crippen LogP contribution in [0.1, 0.15) is 73.4 Å². The number of methoxy groups -OCH3 is 2. The highest BCUT2D eigenvalue weighted by Crippen LogP contribution is 2.42. The molecular formula is C37H49ClN4O6S. The van der Waals surface area contributed by atoms with Crippen molar-refractivity contribution in [1.82, 2.24) is 10.0 Å². The van der Waals surface area contributed by atoms with Crippen LogP contribution in [0, 0.1) is 17.8 Å². The van der Waals surface area contributed by atoms with E-state index in [1.54, 1.807) is 20.3 Å². The first-order valence-corrected chi connectivity index (χ1v) is 19.6. The molecule has 2 aliphatic carbocycles. The highest BCUT2D eigenvalue weighted by Gasteiger charge is 2.38. The van der Waals surface area contributed by atoms with Gasteiger partial charge in [-0.1, -0.05) is 36.7 Å². The van der Waals surface area contributed by atoms with Gasteiger partial charge in [-0.05, 0) is 111 Å². The van der Waals surface area contributed by atoms with Gasteiger partial charge in [0.25, 0.3) is 5.91 Å². The van der Waals surface area contributed by atoms with E-state index in [4.69, 9.17) is 25.8 Å². The Morgan fingerprint density at radius 1 is 1.08 bits per heavy atom. The van der Waals surface area contributed by atoms with E-state index >= 15 is 0 Å². The van der Waals surface area contributed by atoms with Crippen molar-refractivity contribution in [2.24, 2.45) is 22.1 Å². The zero-order chi connectivity index (χ0) is 34.5. The van der Waals surface area contributed by atoms with E-state index in [1.165, 1.54) is 11.1 Å². The summed E-state index contributed by atoms with van der Waals surface area (Å²) in [6.07, 6.45) is 11.0. The van der Waals surface area contributed by atoms with Crippen molar-refractivity contribution in [2.45, 2.75) is 83.1 Å². The summed E-state index contributed by atoms with van der Waals surface area (Å²) in [6.45, 7) is 3.84. The van der Waals surface area contributed by atoms with Crippen LogP contribution in [0.4, 0.5) is 10.5 Å². The van der Waals surface area contributed by atoms with Crippen molar-refractivity contribution >= 4 is 39.1 Å². The van der Waals surface area contributed by atoms with Crippen molar-refractivity contribution in [2.75, 3.05) is 38.0 Å². The van der Waals surface area contributed by atoms with Gasteiger partial charge in [-0.25, -0.2) is 9.00 Å². The summed E-state index contributed by atoms with van der Waals surface area (Å²) in [7, 11) is -0.0883. The maximum atomic E-state index is 14.4. The lowest BCUT2D eigenvalue weighted by Gasteiger charge is -2.43. The topological polar surface area (TPSA) is 119 Å². The minimum Gasteiger partial charge on any atom is -0.491 e. The number of allylic oxidation sites excluding steroid dienone is 1. The van der Waals surface area contributed by atoms with Gasteiger partial charge in [-0.2, -0.15) is 0 Å².